The van der Waals surface area contributed by atoms with Gasteiger partial charge in [0.05, 0.1) is 22.9 Å². The number of amides is 1. The van der Waals surface area contributed by atoms with Crippen molar-refractivity contribution in [3.8, 4) is 5.69 Å². The van der Waals surface area contributed by atoms with Crippen molar-refractivity contribution >= 4 is 38.9 Å². The van der Waals surface area contributed by atoms with Crippen LogP contribution in [0.3, 0.4) is 0 Å². The average molecular weight is 492 g/mol. The number of nitrogens with zero attached hydrogens (tertiary/aromatic N) is 2. The van der Waals surface area contributed by atoms with E-state index in [4.69, 9.17) is 11.6 Å². The third-order valence-electron chi connectivity index (χ3n) is 5.52. The molecule has 0 bridgehead atoms. The topological polar surface area (TPSA) is 98.1 Å². The number of nitrogens with one attached hydrogen (secondary N) is 1. The molecule has 2 heterocycles. The number of hydrogen-bond donors (Lipinski definition) is 1. The number of sulfone groups is 1. The molecule has 4 aromatic rings. The quantitative estimate of drug-likeness (QED) is 0.416. The molecule has 1 amide bonds. The molecule has 0 saturated heterocycles. The van der Waals surface area contributed by atoms with E-state index in [0.717, 1.165) is 0 Å². The zero-order valence-electron chi connectivity index (χ0n) is 17.7. The fraction of sp³-hybridized carbons (Fsp3) is 0.0800. The first-order chi connectivity index (χ1) is 16.3. The van der Waals surface area contributed by atoms with E-state index in [1.54, 1.807) is 72.8 Å². The molecule has 1 aliphatic heterocycles. The second-order valence-electron chi connectivity index (χ2n) is 7.92. The van der Waals surface area contributed by atoms with Crippen LogP contribution in [0.25, 0.3) is 5.69 Å². The summed E-state index contributed by atoms with van der Waals surface area (Å²) in [6, 6.07) is 22.1. The summed E-state index contributed by atoms with van der Waals surface area (Å²) in [7, 11) is -3.32. The number of anilines is 1. The second kappa shape index (κ2) is 8.55. The molecule has 9 heteroatoms. The second-order valence-corrected chi connectivity index (χ2v) is 10.4. The highest BCUT2D eigenvalue weighted by molar-refractivity contribution is 7.90. The van der Waals surface area contributed by atoms with Crippen LogP contribution in [0, 0.1) is 0 Å². The lowest BCUT2D eigenvalue weighted by molar-refractivity contribution is 0.101. The molecule has 170 valence electrons. The monoisotopic (exact) mass is 491 g/mol. The number of carbonyl (C=O) groups excluding carboxylic acids is 2. The van der Waals surface area contributed by atoms with Crippen LogP contribution in [-0.2, 0) is 21.3 Å². The van der Waals surface area contributed by atoms with Gasteiger partial charge in [-0.3, -0.25) is 9.59 Å². The van der Waals surface area contributed by atoms with Crippen LogP contribution in [-0.4, -0.2) is 29.9 Å². The predicted molar refractivity (Wildman–Crippen MR) is 129 cm³/mol. The molecular weight excluding hydrogens is 474 g/mol. The van der Waals surface area contributed by atoms with Gasteiger partial charge < -0.3 is 5.32 Å². The summed E-state index contributed by atoms with van der Waals surface area (Å²) in [6.45, 7) is 0. The summed E-state index contributed by atoms with van der Waals surface area (Å²) >= 11 is 6.12. The van der Waals surface area contributed by atoms with Gasteiger partial charge in [-0.1, -0.05) is 60.1 Å². The maximum atomic E-state index is 13.1. The maximum absolute atomic E-state index is 13.1. The highest BCUT2D eigenvalue weighted by Gasteiger charge is 2.33. The van der Waals surface area contributed by atoms with Crippen molar-refractivity contribution in [2.45, 2.75) is 11.5 Å². The molecule has 1 aliphatic rings. The van der Waals surface area contributed by atoms with Gasteiger partial charge in [-0.2, -0.15) is 5.10 Å². The average Bonchev–Trinajstić information content (AvgIpc) is 3.31. The predicted octanol–water partition coefficient (Wildman–Crippen LogP) is 4.44. The standard InChI is InChI=1S/C25H18ClN3O4S/c26-19-7-4-8-20(13-19)29-24(21-14-34(32,33)15-22(21)28-29)27-25(31)18-11-9-17(10-12-18)23(30)16-5-2-1-3-6-16/h1-13H,14-15H2,(H,27,31). The highest BCUT2D eigenvalue weighted by atomic mass is 35.5. The first-order valence-electron chi connectivity index (χ1n) is 10.4. The Morgan fingerprint density at radius 3 is 2.24 bits per heavy atom. The first-order valence-corrected chi connectivity index (χ1v) is 12.6. The van der Waals surface area contributed by atoms with E-state index in [1.807, 2.05) is 6.07 Å². The van der Waals surface area contributed by atoms with Crippen molar-refractivity contribution in [2.75, 3.05) is 5.32 Å². The minimum atomic E-state index is -3.32. The fourth-order valence-corrected chi connectivity index (χ4v) is 5.55. The Morgan fingerprint density at radius 1 is 0.853 bits per heavy atom. The van der Waals surface area contributed by atoms with Crippen LogP contribution in [0.4, 0.5) is 5.82 Å². The van der Waals surface area contributed by atoms with Crippen molar-refractivity contribution in [1.29, 1.82) is 0 Å². The smallest absolute Gasteiger partial charge is 0.256 e. The molecule has 1 N–H and O–H groups in total. The number of rotatable bonds is 5. The lowest BCUT2D eigenvalue weighted by Gasteiger charge is -2.12. The van der Waals surface area contributed by atoms with E-state index in [-0.39, 0.29) is 23.1 Å². The van der Waals surface area contributed by atoms with Gasteiger partial charge in [0.15, 0.2) is 15.6 Å². The van der Waals surface area contributed by atoms with Gasteiger partial charge in [-0.25, -0.2) is 13.1 Å². The Labute approximate surface area is 200 Å². The van der Waals surface area contributed by atoms with Crippen LogP contribution in [0.2, 0.25) is 5.02 Å². The number of ketones is 1. The largest absolute Gasteiger partial charge is 0.306 e. The number of carbonyl (C=O) groups is 2. The summed E-state index contributed by atoms with van der Waals surface area (Å²) in [5, 5.41) is 7.73. The van der Waals surface area contributed by atoms with Gasteiger partial charge in [0.25, 0.3) is 5.91 Å². The molecule has 0 fully saturated rings. The molecule has 5 rings (SSSR count). The molecule has 1 aromatic heterocycles. The Kier molecular flexibility index (Phi) is 5.55. The maximum Gasteiger partial charge on any atom is 0.256 e. The Hall–Kier alpha value is -3.75. The molecule has 34 heavy (non-hydrogen) atoms. The Bertz CT molecular complexity index is 1530. The summed E-state index contributed by atoms with van der Waals surface area (Å²) in [4.78, 5) is 25.7. The third kappa shape index (κ3) is 4.25. The van der Waals surface area contributed by atoms with Crippen LogP contribution >= 0.6 is 11.6 Å². The number of fused-ring (bicyclic) bond motifs is 1. The van der Waals surface area contributed by atoms with Crippen LogP contribution in [0.5, 0.6) is 0 Å². The van der Waals surface area contributed by atoms with Gasteiger partial charge >= 0.3 is 0 Å². The van der Waals surface area contributed by atoms with E-state index in [9.17, 15) is 18.0 Å². The van der Waals surface area contributed by atoms with Crippen molar-refractivity contribution < 1.29 is 18.0 Å². The molecule has 0 spiro atoms. The van der Waals surface area contributed by atoms with E-state index < -0.39 is 15.7 Å². The molecule has 7 nitrogen and oxygen atoms in total. The minimum Gasteiger partial charge on any atom is -0.306 e. The van der Waals surface area contributed by atoms with E-state index in [1.165, 1.54) is 4.68 Å². The lowest BCUT2D eigenvalue weighted by atomic mass is 10.0. The molecule has 3 aromatic carbocycles. The molecular formula is C25H18ClN3O4S. The zero-order valence-corrected chi connectivity index (χ0v) is 19.3. The molecule has 0 radical (unpaired) electrons. The number of benzene rings is 3. The summed E-state index contributed by atoms with van der Waals surface area (Å²) < 4.78 is 25.8. The van der Waals surface area contributed by atoms with Crippen molar-refractivity contribution in [3.05, 3.63) is 112 Å². The Morgan fingerprint density at radius 2 is 1.53 bits per heavy atom. The molecule has 0 saturated carbocycles. The van der Waals surface area contributed by atoms with Crippen molar-refractivity contribution in [3.63, 3.8) is 0 Å². The van der Waals surface area contributed by atoms with Gasteiger partial charge in [0.1, 0.15) is 5.82 Å². The lowest BCUT2D eigenvalue weighted by Crippen LogP contribution is -2.17. The minimum absolute atomic E-state index is 0.144. The molecule has 0 atom stereocenters. The van der Waals surface area contributed by atoms with Crippen LogP contribution in [0.15, 0.2) is 78.9 Å². The normalized spacial score (nSPS) is 13.9. The summed E-state index contributed by atoms with van der Waals surface area (Å²) in [5.74, 6) is -0.700. The Balaban J connectivity index is 1.45. The van der Waals surface area contributed by atoms with Crippen molar-refractivity contribution in [1.82, 2.24) is 9.78 Å². The fourth-order valence-electron chi connectivity index (χ4n) is 3.87. The van der Waals surface area contributed by atoms with E-state index >= 15 is 0 Å². The first kappa shape index (κ1) is 22.1. The zero-order chi connectivity index (χ0) is 23.9. The summed E-state index contributed by atoms with van der Waals surface area (Å²) in [5.41, 5.74) is 2.79. The van der Waals surface area contributed by atoms with Crippen LogP contribution in [0.1, 0.15) is 37.5 Å². The van der Waals surface area contributed by atoms with Crippen LogP contribution < -0.4 is 5.32 Å². The SMILES string of the molecule is O=C(Nc1c2c(nn1-c1cccc(Cl)c1)CS(=O)(=O)C2)c1ccc(C(=O)c2ccccc2)cc1. The number of hydrogen-bond acceptors (Lipinski definition) is 5. The molecule has 0 aliphatic carbocycles. The summed E-state index contributed by atoms with van der Waals surface area (Å²) in [6.07, 6.45) is 0. The van der Waals surface area contributed by atoms with Gasteiger partial charge in [0.2, 0.25) is 0 Å². The van der Waals surface area contributed by atoms with E-state index in [0.29, 0.717) is 38.7 Å². The van der Waals surface area contributed by atoms with Crippen molar-refractivity contribution in [2.24, 2.45) is 0 Å². The van der Waals surface area contributed by atoms with Gasteiger partial charge in [-0.05, 0) is 30.3 Å². The molecule has 0 unspecified atom stereocenters. The number of halogens is 1. The van der Waals surface area contributed by atoms with Gasteiger partial charge in [0, 0.05) is 27.3 Å². The third-order valence-corrected chi connectivity index (χ3v) is 7.19. The number of aromatic nitrogens is 2. The highest BCUT2D eigenvalue weighted by Crippen LogP contribution is 2.33. The van der Waals surface area contributed by atoms with Gasteiger partial charge in [-0.15, -0.1) is 0 Å². The van der Waals surface area contributed by atoms with E-state index in [2.05, 4.69) is 10.4 Å².